The number of nitrogens with zero attached hydrogens (tertiary/aromatic N) is 1. The van der Waals surface area contributed by atoms with Gasteiger partial charge in [0.2, 0.25) is 0 Å². The fourth-order valence-corrected chi connectivity index (χ4v) is 0. The Morgan fingerprint density at radius 3 is 2.00 bits per heavy atom. The molecule has 0 heterocycles. The van der Waals surface area contributed by atoms with Gasteiger partial charge in [-0.25, -0.2) is 0 Å². The van der Waals surface area contributed by atoms with E-state index in [0.717, 1.165) is 11.5 Å². The van der Waals surface area contributed by atoms with Crippen LogP contribution >= 0.6 is 20.4 Å². The van der Waals surface area contributed by atoms with Gasteiger partial charge in [-0.2, -0.15) is 0 Å². The average Bonchev–Trinajstić information content (AvgIpc) is 1.37. The molecule has 4 heteroatoms. The van der Waals surface area contributed by atoms with Crippen molar-refractivity contribution in [3.05, 3.63) is 0 Å². The van der Waals surface area contributed by atoms with Gasteiger partial charge in [-0.1, -0.05) is 0 Å². The summed E-state index contributed by atoms with van der Waals surface area (Å²) >= 11 is 2.76. The molecule has 0 radical (unpaired) electrons. The van der Waals surface area contributed by atoms with Gasteiger partial charge < -0.3 is 0 Å². The van der Waals surface area contributed by atoms with Crippen LogP contribution in [0, 0.1) is 10.3 Å². The number of hydrogen-bond donors (Lipinski definition) is 0. The zero-order chi connectivity index (χ0) is 3.41. The first-order chi connectivity index (χ1) is 1.91. The summed E-state index contributed by atoms with van der Waals surface area (Å²) in [5.74, 6) is 0. The SMILES string of the molecule is N#[C][Co][I].[Ti]. The van der Waals surface area contributed by atoms with Crippen molar-refractivity contribution in [2.75, 3.05) is 0 Å². The van der Waals surface area contributed by atoms with E-state index in [9.17, 15) is 0 Å². The van der Waals surface area contributed by atoms with Gasteiger partial charge in [0.1, 0.15) is 0 Å². The molecule has 0 bridgehead atoms. The minimum absolute atomic E-state index is 0. The summed E-state index contributed by atoms with van der Waals surface area (Å²) in [6.07, 6.45) is 0. The summed E-state index contributed by atoms with van der Waals surface area (Å²) in [7, 11) is 0. The van der Waals surface area contributed by atoms with Crippen molar-refractivity contribution in [1.82, 2.24) is 0 Å². The smallest absolute Gasteiger partial charge is 0 e. The molecule has 0 aromatic rings. The van der Waals surface area contributed by atoms with Crippen LogP contribution in [-0.2, 0) is 33.2 Å². The molecule has 0 N–H and O–H groups in total. The third-order valence-electron chi connectivity index (χ3n) is 0.0282. The molecule has 29 valence electrons. The van der Waals surface area contributed by atoms with E-state index in [4.69, 9.17) is 5.26 Å². The van der Waals surface area contributed by atoms with E-state index in [1.807, 2.05) is 25.4 Å². The normalized spacial score (nSPS) is 4.80. The fourth-order valence-electron chi connectivity index (χ4n) is 0. The van der Waals surface area contributed by atoms with Gasteiger partial charge in [-0.05, 0) is 0 Å². The molecule has 0 rings (SSSR count). The van der Waals surface area contributed by atoms with Gasteiger partial charge in [-0.3, -0.25) is 0 Å². The molecule has 0 aromatic heterocycles. The zero-order valence-corrected chi connectivity index (χ0v) is 6.92. The van der Waals surface area contributed by atoms with Crippen LogP contribution in [0.5, 0.6) is 0 Å². The van der Waals surface area contributed by atoms with E-state index in [0.29, 0.717) is 0 Å². The van der Waals surface area contributed by atoms with Crippen LogP contribution in [0.4, 0.5) is 0 Å². The maximum Gasteiger partial charge on any atom is 0 e. The van der Waals surface area contributed by atoms with Crippen LogP contribution in [-0.4, -0.2) is 0 Å². The summed E-state index contributed by atoms with van der Waals surface area (Å²) < 4.78 is 0. The van der Waals surface area contributed by atoms with E-state index >= 15 is 0 Å². The first-order valence-electron chi connectivity index (χ1n) is 0.516. The van der Waals surface area contributed by atoms with Crippen molar-refractivity contribution in [1.29, 1.82) is 5.26 Å². The molecule has 0 spiro atoms. The summed E-state index contributed by atoms with van der Waals surface area (Å²) in [6, 6.07) is 0. The predicted octanol–water partition coefficient (Wildman–Crippen LogP) is 0.897. The first kappa shape index (κ1) is 9.67. The molecule has 0 aliphatic rings. The molecular weight excluding hydrogens is 260 g/mol. The summed E-state index contributed by atoms with van der Waals surface area (Å²) in [5, 5.41) is 9.49. The molecular formula is CCoINTi. The van der Waals surface area contributed by atoms with Crippen LogP contribution in [0.25, 0.3) is 0 Å². The van der Waals surface area contributed by atoms with Crippen LogP contribution in [0.15, 0.2) is 0 Å². The summed E-state index contributed by atoms with van der Waals surface area (Å²) in [4.78, 5) is 0. The predicted molar refractivity (Wildman–Crippen MR) is 19.6 cm³/mol. The number of halogens is 1. The van der Waals surface area contributed by atoms with E-state index in [2.05, 4.69) is 0 Å². The Kier molecular flexibility index (Phi) is 17.5. The third-order valence-corrected chi connectivity index (χ3v) is 0.779. The van der Waals surface area contributed by atoms with Crippen LogP contribution in [0.2, 0.25) is 0 Å². The average molecular weight is 260 g/mol. The first-order valence-corrected chi connectivity index (χ1v) is 4.40. The second-order valence-electron chi connectivity index (χ2n) is 0.138. The fraction of sp³-hybridized carbons (Fsp3) is 0. The maximum atomic E-state index is 7.60. The van der Waals surface area contributed by atoms with Gasteiger partial charge >= 0.3 is 42.2 Å². The summed E-state index contributed by atoms with van der Waals surface area (Å²) in [6.45, 7) is 0. The van der Waals surface area contributed by atoms with Crippen LogP contribution in [0.3, 0.4) is 0 Å². The Labute approximate surface area is 63.2 Å². The van der Waals surface area contributed by atoms with Gasteiger partial charge in [0.25, 0.3) is 0 Å². The molecule has 0 amide bonds. The molecule has 0 saturated carbocycles. The minimum atomic E-state index is 0. The maximum absolute atomic E-state index is 7.60. The molecule has 0 saturated heterocycles. The van der Waals surface area contributed by atoms with E-state index < -0.39 is 0 Å². The topological polar surface area (TPSA) is 23.8 Å². The van der Waals surface area contributed by atoms with Crippen molar-refractivity contribution >= 4 is 20.4 Å². The third kappa shape index (κ3) is 10.8. The second-order valence-corrected chi connectivity index (χ2v) is 2.05. The molecule has 0 unspecified atom stereocenters. The van der Waals surface area contributed by atoms with Crippen molar-refractivity contribution in [3.63, 3.8) is 0 Å². The van der Waals surface area contributed by atoms with Crippen LogP contribution in [0.1, 0.15) is 0 Å². The van der Waals surface area contributed by atoms with Gasteiger partial charge in [-0.15, -0.1) is 0 Å². The largest absolute Gasteiger partial charge is 0 e. The van der Waals surface area contributed by atoms with E-state index in [1.54, 1.807) is 0 Å². The molecule has 0 fully saturated rings. The minimum Gasteiger partial charge on any atom is 0 e. The number of nitriles is 1. The van der Waals surface area contributed by atoms with Gasteiger partial charge in [0.15, 0.2) is 0 Å². The number of rotatable bonds is 0. The van der Waals surface area contributed by atoms with Crippen molar-refractivity contribution < 1.29 is 33.2 Å². The Bertz CT molecular complexity index is 41.4. The molecule has 0 aliphatic heterocycles. The standard InChI is InChI=1S/CN.Co.HI.Ti/c1-2;;;/h;;1H;/q;+1;;/p-1. The quantitative estimate of drug-likeness (QED) is 0.468. The Hall–Kier alpha value is 1.44. The molecule has 1 nitrogen and oxygen atoms in total. The number of hydrogen-bond acceptors (Lipinski definition) is 1. The molecule has 5 heavy (non-hydrogen) atoms. The Morgan fingerprint density at radius 2 is 2.00 bits per heavy atom. The molecule has 0 aromatic carbocycles. The monoisotopic (exact) mass is 260 g/mol. The van der Waals surface area contributed by atoms with Crippen molar-refractivity contribution in [3.8, 4) is 5.00 Å². The zero-order valence-electron chi connectivity index (χ0n) is 2.16. The second kappa shape index (κ2) is 9.06. The van der Waals surface area contributed by atoms with Gasteiger partial charge in [0.05, 0.1) is 0 Å². The van der Waals surface area contributed by atoms with Gasteiger partial charge in [0, 0.05) is 21.7 Å². The van der Waals surface area contributed by atoms with E-state index in [1.165, 1.54) is 0 Å². The van der Waals surface area contributed by atoms with E-state index in [-0.39, 0.29) is 21.7 Å². The van der Waals surface area contributed by atoms with Crippen LogP contribution < -0.4 is 0 Å². The van der Waals surface area contributed by atoms with Crippen molar-refractivity contribution in [2.24, 2.45) is 0 Å². The molecule has 0 aliphatic carbocycles. The summed E-state index contributed by atoms with van der Waals surface area (Å²) in [5.41, 5.74) is 0. The Morgan fingerprint density at radius 1 is 1.80 bits per heavy atom. The molecule has 0 atom stereocenters. The Balaban J connectivity index is 0. The van der Waals surface area contributed by atoms with Crippen molar-refractivity contribution in [2.45, 2.75) is 0 Å².